The summed E-state index contributed by atoms with van der Waals surface area (Å²) in [6.45, 7) is 0. The van der Waals surface area contributed by atoms with Crippen molar-refractivity contribution in [2.24, 2.45) is 0 Å². The third-order valence-corrected chi connectivity index (χ3v) is 0. The van der Waals surface area contributed by atoms with E-state index in [4.69, 9.17) is 0 Å². The van der Waals surface area contributed by atoms with Crippen LogP contribution in [0.25, 0.3) is 0 Å². The van der Waals surface area contributed by atoms with Crippen LogP contribution in [0.1, 0.15) is 0 Å². The molecule has 4 heavy (non-hydrogen) atoms. The van der Waals surface area contributed by atoms with Crippen molar-refractivity contribution in [2.45, 2.75) is 0 Å². The molecule has 0 aliphatic heterocycles. The maximum atomic E-state index is 0. The molecule has 0 bridgehead atoms. The molecule has 0 rings (SSSR count). The molecule has 20 valence electrons. The van der Waals surface area contributed by atoms with Crippen molar-refractivity contribution >= 4 is 51.2 Å². The fourth-order valence-corrected chi connectivity index (χ4v) is 0. The van der Waals surface area contributed by atoms with Crippen LogP contribution in [0.3, 0.4) is 0 Å². The van der Waals surface area contributed by atoms with Gasteiger partial charge in [0.25, 0.3) is 0 Å². The molecule has 0 fully saturated rings. The Hall–Kier alpha value is 2.42. The Morgan fingerprint density at radius 3 is 1.00 bits per heavy atom. The first-order valence-electron chi connectivity index (χ1n) is 0. The van der Waals surface area contributed by atoms with Gasteiger partial charge in [0.2, 0.25) is 0 Å². The van der Waals surface area contributed by atoms with E-state index in [0.29, 0.717) is 0 Å². The van der Waals surface area contributed by atoms with E-state index >= 15 is 0 Å². The first-order valence-corrected chi connectivity index (χ1v) is 0. The Morgan fingerprint density at radius 1 is 1.00 bits per heavy atom. The molecular formula is AgOPbSn+5. The zero-order valence-corrected chi connectivity index (χ0v) is 9.93. The van der Waals surface area contributed by atoms with Gasteiger partial charge in [0.1, 0.15) is 0 Å². The van der Waals surface area contributed by atoms with Crippen LogP contribution in [-0.2, 0) is 27.9 Å². The van der Waals surface area contributed by atoms with Crippen molar-refractivity contribution in [3.63, 3.8) is 0 Å². The molecule has 0 aromatic carbocycles. The van der Waals surface area contributed by atoms with E-state index in [1.165, 1.54) is 0 Å². The number of rotatable bonds is 0. The normalized spacial score (nSPS) is 0. The van der Waals surface area contributed by atoms with Crippen LogP contribution in [0.5, 0.6) is 0 Å². The van der Waals surface area contributed by atoms with E-state index < -0.39 is 0 Å². The molecule has 0 aliphatic carbocycles. The van der Waals surface area contributed by atoms with E-state index in [0.717, 1.165) is 0 Å². The van der Waals surface area contributed by atoms with Gasteiger partial charge in [0.15, 0.2) is 0 Å². The predicted molar refractivity (Wildman–Crippen MR) is 12.2 cm³/mol. The van der Waals surface area contributed by atoms with Crippen molar-refractivity contribution in [2.75, 3.05) is 0 Å². The smallest absolute Gasteiger partial charge is 2.00 e. The van der Waals surface area contributed by atoms with E-state index in [2.05, 4.69) is 0 Å². The van der Waals surface area contributed by atoms with Crippen molar-refractivity contribution < 1.29 is 27.9 Å². The summed E-state index contributed by atoms with van der Waals surface area (Å²) in [6, 6.07) is 0. The third kappa shape index (κ3) is 8.83. The molecule has 0 amide bonds. The molecule has 0 spiro atoms. The molecule has 0 heterocycles. The standard InChI is InChI=1S/Ag.O.Pb.Sn/q+1;-2;+2;+4. The average Bonchev–Trinajstić information content (AvgIpc) is 0. The van der Waals surface area contributed by atoms with Gasteiger partial charge in [0, 0.05) is 0 Å². The molecule has 0 saturated heterocycles. The summed E-state index contributed by atoms with van der Waals surface area (Å²) in [5, 5.41) is 0. The summed E-state index contributed by atoms with van der Waals surface area (Å²) in [7, 11) is 0. The van der Waals surface area contributed by atoms with Crippen molar-refractivity contribution in [1.82, 2.24) is 0 Å². The molecular weight excluding hydrogens is 450 g/mol. The van der Waals surface area contributed by atoms with Crippen LogP contribution in [-0.4, -0.2) is 51.2 Å². The van der Waals surface area contributed by atoms with Gasteiger partial charge in [-0.1, -0.05) is 0 Å². The Morgan fingerprint density at radius 2 is 1.00 bits per heavy atom. The second-order valence-corrected chi connectivity index (χ2v) is 0. The summed E-state index contributed by atoms with van der Waals surface area (Å²) in [5.74, 6) is 0. The fourth-order valence-electron chi connectivity index (χ4n) is 0. The minimum Gasteiger partial charge on any atom is -2.00 e. The average molecular weight is 450 g/mol. The summed E-state index contributed by atoms with van der Waals surface area (Å²) in [5.41, 5.74) is 0. The molecule has 0 saturated carbocycles. The quantitative estimate of drug-likeness (QED) is 0.430. The van der Waals surface area contributed by atoms with Crippen molar-refractivity contribution in [3.05, 3.63) is 0 Å². The Kier molecular flexibility index (Phi) is 145. The molecule has 0 atom stereocenters. The van der Waals surface area contributed by atoms with Crippen LogP contribution in [0.2, 0.25) is 0 Å². The van der Waals surface area contributed by atoms with Crippen molar-refractivity contribution in [3.8, 4) is 0 Å². The molecule has 2 radical (unpaired) electrons. The van der Waals surface area contributed by atoms with Gasteiger partial charge in [-0.15, -0.1) is 0 Å². The van der Waals surface area contributed by atoms with Gasteiger partial charge in [-0.05, 0) is 0 Å². The Balaban J connectivity index is 0. The second-order valence-electron chi connectivity index (χ2n) is 0. The zero-order valence-electron chi connectivity index (χ0n) is 1.71. The molecule has 4 heteroatoms. The largest absolute Gasteiger partial charge is 4.00 e. The molecule has 0 aromatic heterocycles. The molecule has 1 nitrogen and oxygen atoms in total. The van der Waals surface area contributed by atoms with Crippen molar-refractivity contribution in [1.29, 1.82) is 0 Å². The van der Waals surface area contributed by atoms with Gasteiger partial charge in [-0.3, -0.25) is 0 Å². The topological polar surface area (TPSA) is 28.5 Å². The van der Waals surface area contributed by atoms with E-state index in [1.54, 1.807) is 0 Å². The third-order valence-electron chi connectivity index (χ3n) is 0. The SMILES string of the molecule is [Ag+].[O-2].[Pb+2].[Sn+4]. The number of hydrogen-bond donors (Lipinski definition) is 0. The number of hydrogen-bond acceptors (Lipinski definition) is 0. The molecule has 0 aromatic rings. The minimum atomic E-state index is 0. The van der Waals surface area contributed by atoms with Crippen LogP contribution in [0.4, 0.5) is 0 Å². The first kappa shape index (κ1) is 32.2. The maximum absolute atomic E-state index is 0. The summed E-state index contributed by atoms with van der Waals surface area (Å²) in [6.07, 6.45) is 0. The van der Waals surface area contributed by atoms with Gasteiger partial charge in [-0.2, -0.15) is 0 Å². The summed E-state index contributed by atoms with van der Waals surface area (Å²) < 4.78 is 0. The van der Waals surface area contributed by atoms with E-state index in [-0.39, 0.29) is 79.1 Å². The predicted octanol–water partition coefficient (Wildman–Crippen LogP) is -0.883. The second kappa shape index (κ2) is 18.1. The molecule has 0 unspecified atom stereocenters. The molecule has 0 aliphatic rings. The van der Waals surface area contributed by atoms with Gasteiger partial charge in [-0.25, -0.2) is 0 Å². The van der Waals surface area contributed by atoms with E-state index in [9.17, 15) is 0 Å². The van der Waals surface area contributed by atoms with Gasteiger partial charge >= 0.3 is 73.6 Å². The van der Waals surface area contributed by atoms with Gasteiger partial charge in [0.05, 0.1) is 0 Å². The minimum absolute atomic E-state index is 0. The Labute approximate surface area is 77.8 Å². The van der Waals surface area contributed by atoms with Crippen LogP contribution < -0.4 is 0 Å². The maximum Gasteiger partial charge on any atom is 4.00 e. The van der Waals surface area contributed by atoms with Crippen LogP contribution in [0, 0.1) is 0 Å². The summed E-state index contributed by atoms with van der Waals surface area (Å²) in [4.78, 5) is 0. The van der Waals surface area contributed by atoms with Crippen LogP contribution in [0.15, 0.2) is 0 Å². The fraction of sp³-hybridized carbons (Fsp3) is 0. The monoisotopic (exact) mass is 451 g/mol. The first-order chi connectivity index (χ1) is 0. The van der Waals surface area contributed by atoms with Gasteiger partial charge < -0.3 is 5.48 Å². The molecule has 0 N–H and O–H groups in total. The zero-order chi connectivity index (χ0) is 0. The van der Waals surface area contributed by atoms with E-state index in [1.807, 2.05) is 0 Å². The summed E-state index contributed by atoms with van der Waals surface area (Å²) >= 11 is 0. The van der Waals surface area contributed by atoms with Crippen LogP contribution >= 0.6 is 0 Å². The Bertz CT molecular complexity index is 8.00.